The molecule has 0 amide bonds. The van der Waals surface area contributed by atoms with E-state index in [0.717, 1.165) is 72.8 Å². The molecule has 1 aliphatic rings. The molecule has 0 aliphatic heterocycles. The van der Waals surface area contributed by atoms with Gasteiger partial charge in [-0.1, -0.05) is 390 Å². The Morgan fingerprint density at radius 2 is 0.438 bits per heavy atom. The second-order valence-corrected chi connectivity index (χ2v) is 42.9. The standard InChI is InChI=1S/C51H31N3S2.C42H29N3S.C40H24N2S2/c1-4-12-32(13-5-1)34-20-22-36(23-21-34)50-52-49(35-16-8-3-9-17-35)53-51(54-50)39-29-42(48-41-18-10-11-19-44(41)56-47(48)31-39)38-24-26-40-43-28-37(33-14-6-2-7-15-33)25-27-45(43)55-46(40)30-38;1-42(2)34-19-11-9-17-30(34)31-22-21-28(24-35(31)42)33-23-29(25-37-38(33)32-18-10-12-20-36(32)46-37)41-44-39(26-13-5-3-6-14-26)43-40(45-41)27-15-7-4-8-16-27;1-3-12-25(13-4-1)32-24-33(26-14-5-2-6-15-26)42-40(41-32)27-22-31(39-30-17-8-10-20-35(30)44-37(39)23-27)28-18-11-21-36-38(28)29-16-7-9-19-34(29)43-36/h1-31H;3-25H,1-2H3;1-24H. The zero-order chi connectivity index (χ0) is 96.9. The number of thiophene rings is 5. The SMILES string of the molecule is CC1(C)c2ccccc2-c2ccc(-c3cc(-c4nc(-c5ccccc5)nc(-c5ccccc5)n4)cc4sc5ccccc5c34)cc21.c1ccc(-c2cc(-c3ccccc3)nc(-c3cc(-c4cccc5sc6ccccc6c45)c4c(c3)sc3ccccc34)n2)cc1.c1ccc(-c2ccc(-c3nc(-c4ccccc4)nc(-c4cc(-c5ccc6c(c5)sc5ccc(-c7ccccc7)cc56)c5c(c4)sc4ccccc45)n3)cc2)cc1. The minimum Gasteiger partial charge on any atom is -0.228 e. The quantitative estimate of drug-likeness (QED) is 0.106. The van der Waals surface area contributed by atoms with Crippen molar-refractivity contribution < 1.29 is 0 Å². The van der Waals surface area contributed by atoms with E-state index < -0.39 is 0 Å². The van der Waals surface area contributed by atoms with Gasteiger partial charge in [-0.2, -0.15) is 0 Å². The predicted molar refractivity (Wildman–Crippen MR) is 620 cm³/mol. The molecule has 0 fully saturated rings. The van der Waals surface area contributed by atoms with Crippen molar-refractivity contribution in [2.24, 2.45) is 0 Å². The van der Waals surface area contributed by atoms with Crippen LogP contribution in [0.1, 0.15) is 25.0 Å². The van der Waals surface area contributed by atoms with Crippen molar-refractivity contribution in [2.45, 2.75) is 19.3 Å². The Kier molecular flexibility index (Phi) is 22.1. The fraction of sp³-hybridized carbons (Fsp3) is 0.0226. The fourth-order valence-corrected chi connectivity index (χ4v) is 26.8. The van der Waals surface area contributed by atoms with Crippen molar-refractivity contribution >= 4 is 158 Å². The lowest BCUT2D eigenvalue weighted by Gasteiger charge is -2.22. The minimum absolute atomic E-state index is 0.0846. The van der Waals surface area contributed by atoms with Crippen LogP contribution < -0.4 is 0 Å². The van der Waals surface area contributed by atoms with Crippen LogP contribution in [0.25, 0.3) is 270 Å². The maximum absolute atomic E-state index is 5.19. The number of aromatic nitrogens is 8. The molecule has 146 heavy (non-hydrogen) atoms. The normalized spacial score (nSPS) is 12.1. The lowest BCUT2D eigenvalue weighted by molar-refractivity contribution is 0.660. The van der Waals surface area contributed by atoms with Gasteiger partial charge in [-0.15, -0.1) is 56.7 Å². The van der Waals surface area contributed by atoms with Crippen LogP contribution >= 0.6 is 56.7 Å². The van der Waals surface area contributed by atoms with Crippen LogP contribution in [0.15, 0.2) is 473 Å². The van der Waals surface area contributed by atoms with E-state index >= 15 is 0 Å². The molecule has 20 aromatic carbocycles. The Morgan fingerprint density at radius 3 is 0.911 bits per heavy atom. The first-order chi connectivity index (χ1) is 72.1. The van der Waals surface area contributed by atoms with Crippen molar-refractivity contribution in [3.05, 3.63) is 484 Å². The molecule has 8 aromatic heterocycles. The zero-order valence-corrected chi connectivity index (χ0v) is 83.2. The van der Waals surface area contributed by atoms with E-state index in [0.29, 0.717) is 34.9 Å². The average Bonchev–Trinajstić information content (AvgIpc) is 1.56. The largest absolute Gasteiger partial charge is 0.228 e. The Morgan fingerprint density at radius 1 is 0.144 bits per heavy atom. The first kappa shape index (κ1) is 87.6. The summed E-state index contributed by atoms with van der Waals surface area (Å²) in [5.41, 5.74) is 28.1. The van der Waals surface area contributed by atoms with Gasteiger partial charge < -0.3 is 0 Å². The van der Waals surface area contributed by atoms with E-state index in [1.165, 1.54) is 173 Å². The molecule has 0 bridgehead atoms. The molecule has 0 saturated heterocycles. The van der Waals surface area contributed by atoms with Gasteiger partial charge in [0.2, 0.25) is 0 Å². The Hall–Kier alpha value is -17.4. The molecule has 686 valence electrons. The van der Waals surface area contributed by atoms with Crippen molar-refractivity contribution in [3.8, 4) is 169 Å². The van der Waals surface area contributed by atoms with E-state index in [2.05, 4.69) is 414 Å². The van der Waals surface area contributed by atoms with Crippen LogP contribution in [0.5, 0.6) is 0 Å². The van der Waals surface area contributed by atoms with E-state index in [9.17, 15) is 0 Å². The summed E-state index contributed by atoms with van der Waals surface area (Å²) in [6, 6.07) is 168. The third kappa shape index (κ3) is 16.1. The highest BCUT2D eigenvalue weighted by Crippen LogP contribution is 2.54. The second kappa shape index (κ2) is 36.8. The van der Waals surface area contributed by atoms with Gasteiger partial charge in [-0.3, -0.25) is 0 Å². The summed E-state index contributed by atoms with van der Waals surface area (Å²) in [4.78, 5) is 40.9. The van der Waals surface area contributed by atoms with Gasteiger partial charge in [0, 0.05) is 156 Å². The molecule has 0 saturated carbocycles. The Labute approximate surface area is 862 Å². The monoisotopic (exact) mass is 1950 g/mol. The van der Waals surface area contributed by atoms with Crippen LogP contribution in [0.2, 0.25) is 0 Å². The van der Waals surface area contributed by atoms with Gasteiger partial charge in [-0.05, 0) is 175 Å². The van der Waals surface area contributed by atoms with Gasteiger partial charge >= 0.3 is 0 Å². The summed E-state index contributed by atoms with van der Waals surface area (Å²) in [7, 11) is 0. The Bertz CT molecular complexity index is 9840. The van der Waals surface area contributed by atoms with Crippen LogP contribution in [-0.4, -0.2) is 39.9 Å². The molecular formula is C133H84N8S5. The molecule has 13 heteroatoms. The number of rotatable bonds is 14. The predicted octanol–water partition coefficient (Wildman–Crippen LogP) is 37.7. The third-order valence-electron chi connectivity index (χ3n) is 28.2. The fourth-order valence-electron chi connectivity index (χ4n) is 21.1. The maximum atomic E-state index is 5.19. The summed E-state index contributed by atoms with van der Waals surface area (Å²) in [6.07, 6.45) is 0. The van der Waals surface area contributed by atoms with E-state index in [-0.39, 0.29) is 5.41 Å². The molecule has 8 nitrogen and oxygen atoms in total. The highest BCUT2D eigenvalue weighted by molar-refractivity contribution is 7.27. The Balaban J connectivity index is 0.000000110. The van der Waals surface area contributed by atoms with Gasteiger partial charge in [0.15, 0.2) is 40.8 Å². The summed E-state index contributed by atoms with van der Waals surface area (Å²) in [5.74, 6) is 4.68. The van der Waals surface area contributed by atoms with E-state index in [4.69, 9.17) is 39.9 Å². The topological polar surface area (TPSA) is 103 Å². The summed E-state index contributed by atoms with van der Waals surface area (Å²) in [5, 5.41) is 12.8. The van der Waals surface area contributed by atoms with Gasteiger partial charge in [0.05, 0.1) is 11.4 Å². The molecule has 1 aliphatic carbocycles. The first-order valence-corrected chi connectivity index (χ1v) is 53.0. The van der Waals surface area contributed by atoms with E-state index in [1.54, 1.807) is 0 Å². The van der Waals surface area contributed by atoms with Gasteiger partial charge in [0.1, 0.15) is 0 Å². The van der Waals surface area contributed by atoms with Crippen molar-refractivity contribution in [1.29, 1.82) is 0 Å². The lowest BCUT2D eigenvalue weighted by atomic mass is 9.81. The molecule has 29 rings (SSSR count). The van der Waals surface area contributed by atoms with Crippen molar-refractivity contribution in [1.82, 2.24) is 39.9 Å². The van der Waals surface area contributed by atoms with Crippen molar-refractivity contribution in [3.63, 3.8) is 0 Å². The molecule has 0 N–H and O–H groups in total. The van der Waals surface area contributed by atoms with Gasteiger partial charge in [0.25, 0.3) is 0 Å². The summed E-state index contributed by atoms with van der Waals surface area (Å²) in [6.45, 7) is 4.68. The first-order valence-electron chi connectivity index (χ1n) is 49.0. The van der Waals surface area contributed by atoms with Crippen LogP contribution in [-0.2, 0) is 5.41 Å². The number of hydrogen-bond acceptors (Lipinski definition) is 13. The molecule has 0 unspecified atom stereocenters. The number of fused-ring (bicyclic) bond motifs is 18. The summed E-state index contributed by atoms with van der Waals surface area (Å²) < 4.78 is 12.7. The lowest BCUT2D eigenvalue weighted by Crippen LogP contribution is -2.14. The smallest absolute Gasteiger partial charge is 0.164 e. The molecule has 28 aromatic rings. The number of hydrogen-bond donors (Lipinski definition) is 0. The summed E-state index contributed by atoms with van der Waals surface area (Å²) >= 11 is 9.19. The molecule has 0 spiro atoms. The maximum Gasteiger partial charge on any atom is 0.164 e. The van der Waals surface area contributed by atoms with Crippen LogP contribution in [0, 0.1) is 0 Å². The molecule has 0 radical (unpaired) electrons. The second-order valence-electron chi connectivity index (χ2n) is 37.4. The van der Waals surface area contributed by atoms with Gasteiger partial charge in [-0.25, -0.2) is 39.9 Å². The van der Waals surface area contributed by atoms with E-state index in [1.807, 2.05) is 129 Å². The minimum atomic E-state index is -0.0846. The zero-order valence-electron chi connectivity index (χ0n) is 79.2. The number of benzene rings is 20. The third-order valence-corrected chi connectivity index (χ3v) is 33.8. The van der Waals surface area contributed by atoms with Crippen molar-refractivity contribution in [2.75, 3.05) is 0 Å². The average molecular weight is 1950 g/mol. The molecule has 0 atom stereocenters. The highest BCUT2D eigenvalue weighted by Gasteiger charge is 2.36. The van der Waals surface area contributed by atoms with Crippen LogP contribution in [0.4, 0.5) is 0 Å². The molecular weight excluding hydrogens is 1870 g/mol. The van der Waals surface area contributed by atoms with Crippen LogP contribution in [0.3, 0.4) is 0 Å². The number of nitrogens with zero attached hydrogens (tertiary/aromatic N) is 8. The molecule has 8 heterocycles. The highest BCUT2D eigenvalue weighted by atomic mass is 32.1.